The molecule has 0 unspecified atom stereocenters. The number of morpholine rings is 1. The van der Waals surface area contributed by atoms with Crippen LogP contribution in [0.5, 0.6) is 11.5 Å². The summed E-state index contributed by atoms with van der Waals surface area (Å²) in [4.78, 5) is 2.08. The Morgan fingerprint density at radius 3 is 2.43 bits per heavy atom. The van der Waals surface area contributed by atoms with Crippen LogP contribution < -0.4 is 9.47 Å². The molecule has 0 radical (unpaired) electrons. The van der Waals surface area contributed by atoms with E-state index in [0.29, 0.717) is 31.1 Å². The minimum atomic E-state index is -3.95. The van der Waals surface area contributed by atoms with Crippen molar-refractivity contribution in [3.8, 4) is 11.5 Å². The fraction of sp³-hybridized carbons (Fsp3) is 0.538. The predicted octanol–water partition coefficient (Wildman–Crippen LogP) is 1.46. The molecule has 1 aliphatic heterocycles. The number of ether oxygens (including phenoxy) is 3. The third kappa shape index (κ3) is 3.79. The molecule has 0 spiro atoms. The summed E-state index contributed by atoms with van der Waals surface area (Å²) in [6.07, 6.45) is 0. The van der Waals surface area contributed by atoms with Crippen LogP contribution >= 0.6 is 10.7 Å². The van der Waals surface area contributed by atoms with E-state index in [1.54, 1.807) is 12.1 Å². The molecule has 0 saturated carbocycles. The Morgan fingerprint density at radius 2 is 1.90 bits per heavy atom. The SMILES string of the molecule is COc1ccc(CN2CCOCC2)c(S(=O)(=O)Cl)c1OC. The van der Waals surface area contributed by atoms with Gasteiger partial charge in [0.1, 0.15) is 4.90 Å². The molecule has 21 heavy (non-hydrogen) atoms. The number of halogens is 1. The lowest BCUT2D eigenvalue weighted by atomic mass is 10.1. The van der Waals surface area contributed by atoms with Gasteiger partial charge >= 0.3 is 0 Å². The van der Waals surface area contributed by atoms with Crippen molar-refractivity contribution in [1.29, 1.82) is 0 Å². The van der Waals surface area contributed by atoms with Crippen molar-refractivity contribution in [3.63, 3.8) is 0 Å². The highest BCUT2D eigenvalue weighted by Crippen LogP contribution is 2.38. The van der Waals surface area contributed by atoms with Crippen LogP contribution in [0.1, 0.15) is 5.56 Å². The van der Waals surface area contributed by atoms with E-state index in [1.807, 2.05) is 0 Å². The minimum absolute atomic E-state index is 0.0301. The number of hydrogen-bond acceptors (Lipinski definition) is 6. The van der Waals surface area contributed by atoms with E-state index >= 15 is 0 Å². The second-order valence-electron chi connectivity index (χ2n) is 4.62. The summed E-state index contributed by atoms with van der Waals surface area (Å²) in [6.45, 7) is 3.23. The molecule has 0 bridgehead atoms. The number of rotatable bonds is 5. The summed E-state index contributed by atoms with van der Waals surface area (Å²) < 4.78 is 39.5. The monoisotopic (exact) mass is 335 g/mol. The van der Waals surface area contributed by atoms with Crippen LogP contribution in [0, 0.1) is 0 Å². The summed E-state index contributed by atoms with van der Waals surface area (Å²) in [5, 5.41) is 0. The van der Waals surface area contributed by atoms with Gasteiger partial charge in [0.2, 0.25) is 0 Å². The molecule has 1 aromatic carbocycles. The first-order chi connectivity index (χ1) is 9.97. The van der Waals surface area contributed by atoms with Gasteiger partial charge in [0, 0.05) is 30.3 Å². The van der Waals surface area contributed by atoms with Crippen molar-refractivity contribution in [2.24, 2.45) is 0 Å². The standard InChI is InChI=1S/C13H18ClNO5S/c1-18-11-4-3-10(9-15-5-7-20-8-6-15)13(12(11)19-2)21(14,16)17/h3-4H,5-9H2,1-2H3. The van der Waals surface area contributed by atoms with Gasteiger partial charge in [0.25, 0.3) is 9.05 Å². The molecule has 8 heteroatoms. The highest BCUT2D eigenvalue weighted by molar-refractivity contribution is 8.13. The van der Waals surface area contributed by atoms with Crippen molar-refractivity contribution < 1.29 is 22.6 Å². The normalized spacial score (nSPS) is 16.7. The molecule has 6 nitrogen and oxygen atoms in total. The van der Waals surface area contributed by atoms with Crippen LogP contribution in [0.25, 0.3) is 0 Å². The lowest BCUT2D eigenvalue weighted by Crippen LogP contribution is -2.36. The maximum absolute atomic E-state index is 11.9. The summed E-state index contributed by atoms with van der Waals surface area (Å²) in [6, 6.07) is 3.38. The zero-order valence-electron chi connectivity index (χ0n) is 12.0. The second-order valence-corrected chi connectivity index (χ2v) is 7.12. The summed E-state index contributed by atoms with van der Waals surface area (Å²) in [5.74, 6) is 0.473. The van der Waals surface area contributed by atoms with Crippen LogP contribution in [-0.4, -0.2) is 53.8 Å². The first kappa shape index (κ1) is 16.4. The molecule has 1 saturated heterocycles. The number of methoxy groups -OCH3 is 2. The van der Waals surface area contributed by atoms with Crippen molar-refractivity contribution in [3.05, 3.63) is 17.7 Å². The number of benzene rings is 1. The molecule has 1 aliphatic rings. The van der Waals surface area contributed by atoms with Crippen LogP contribution in [0.4, 0.5) is 0 Å². The predicted molar refractivity (Wildman–Crippen MR) is 78.7 cm³/mol. The Bertz CT molecular complexity index is 599. The zero-order valence-corrected chi connectivity index (χ0v) is 13.5. The van der Waals surface area contributed by atoms with Gasteiger partial charge in [-0.2, -0.15) is 0 Å². The lowest BCUT2D eigenvalue weighted by molar-refractivity contribution is 0.0338. The van der Waals surface area contributed by atoms with E-state index < -0.39 is 9.05 Å². The average Bonchev–Trinajstić information content (AvgIpc) is 2.46. The quantitative estimate of drug-likeness (QED) is 0.759. The Kier molecular flexibility index (Phi) is 5.32. The molecule has 0 aliphatic carbocycles. The summed E-state index contributed by atoms with van der Waals surface area (Å²) in [7, 11) is 4.48. The maximum atomic E-state index is 11.9. The van der Waals surface area contributed by atoms with Crippen LogP contribution in [-0.2, 0) is 20.3 Å². The molecule has 1 aromatic rings. The smallest absolute Gasteiger partial charge is 0.265 e. The van der Waals surface area contributed by atoms with E-state index in [1.165, 1.54) is 14.2 Å². The molecule has 0 amide bonds. The van der Waals surface area contributed by atoms with Crippen LogP contribution in [0.2, 0.25) is 0 Å². The Morgan fingerprint density at radius 1 is 1.24 bits per heavy atom. The Hall–Kier alpha value is -1.02. The van der Waals surface area contributed by atoms with E-state index in [9.17, 15) is 8.42 Å². The van der Waals surface area contributed by atoms with Gasteiger partial charge in [-0.05, 0) is 11.6 Å². The van der Waals surface area contributed by atoms with Gasteiger partial charge in [0.15, 0.2) is 11.5 Å². The summed E-state index contributed by atoms with van der Waals surface area (Å²) in [5.41, 5.74) is 0.588. The van der Waals surface area contributed by atoms with Crippen molar-refractivity contribution in [1.82, 2.24) is 4.90 Å². The third-order valence-corrected chi connectivity index (χ3v) is 4.72. The van der Waals surface area contributed by atoms with Gasteiger partial charge in [-0.15, -0.1) is 0 Å². The molecule has 2 rings (SSSR count). The highest BCUT2D eigenvalue weighted by atomic mass is 35.7. The average molecular weight is 336 g/mol. The van der Waals surface area contributed by atoms with E-state index in [4.69, 9.17) is 24.9 Å². The van der Waals surface area contributed by atoms with Crippen LogP contribution in [0.15, 0.2) is 17.0 Å². The largest absolute Gasteiger partial charge is 0.493 e. The number of nitrogens with zero attached hydrogens (tertiary/aromatic N) is 1. The Labute approximate surface area is 129 Å². The van der Waals surface area contributed by atoms with E-state index in [0.717, 1.165) is 13.1 Å². The van der Waals surface area contributed by atoms with Gasteiger partial charge in [-0.3, -0.25) is 4.90 Å². The fourth-order valence-electron chi connectivity index (χ4n) is 2.33. The molecular weight excluding hydrogens is 318 g/mol. The molecule has 0 N–H and O–H groups in total. The third-order valence-electron chi connectivity index (χ3n) is 3.32. The van der Waals surface area contributed by atoms with E-state index in [-0.39, 0.29) is 10.6 Å². The van der Waals surface area contributed by atoms with Gasteiger partial charge in [0.05, 0.1) is 27.4 Å². The van der Waals surface area contributed by atoms with Gasteiger partial charge in [-0.1, -0.05) is 6.07 Å². The molecule has 1 heterocycles. The van der Waals surface area contributed by atoms with Gasteiger partial charge < -0.3 is 14.2 Å². The van der Waals surface area contributed by atoms with Gasteiger partial charge in [-0.25, -0.2) is 8.42 Å². The van der Waals surface area contributed by atoms with Crippen molar-refractivity contribution >= 4 is 19.7 Å². The summed E-state index contributed by atoms with van der Waals surface area (Å²) >= 11 is 0. The fourth-order valence-corrected chi connectivity index (χ4v) is 3.69. The molecule has 118 valence electrons. The first-order valence-corrected chi connectivity index (χ1v) is 8.77. The van der Waals surface area contributed by atoms with Crippen molar-refractivity contribution in [2.45, 2.75) is 11.4 Å². The number of hydrogen-bond donors (Lipinski definition) is 0. The molecule has 1 fully saturated rings. The Balaban J connectivity index is 2.44. The van der Waals surface area contributed by atoms with Crippen molar-refractivity contribution in [2.75, 3.05) is 40.5 Å². The zero-order chi connectivity index (χ0) is 15.5. The first-order valence-electron chi connectivity index (χ1n) is 6.46. The maximum Gasteiger partial charge on any atom is 0.265 e. The minimum Gasteiger partial charge on any atom is -0.493 e. The lowest BCUT2D eigenvalue weighted by Gasteiger charge is -2.27. The topological polar surface area (TPSA) is 65.1 Å². The van der Waals surface area contributed by atoms with Crippen LogP contribution in [0.3, 0.4) is 0 Å². The molecule has 0 atom stereocenters. The second kappa shape index (κ2) is 6.83. The highest BCUT2D eigenvalue weighted by Gasteiger charge is 2.26. The molecular formula is C13H18ClNO5S. The molecule has 0 aromatic heterocycles. The van der Waals surface area contributed by atoms with E-state index in [2.05, 4.69) is 4.90 Å².